The SMILES string of the molecule is CCC(=O)N1CCN(C(=O)c2cc(C(C)C)nc3c2c(=O)[nH]c(=O)n3CC(C)C)CC1. The fraction of sp³-hybridized carbons (Fsp3) is 0.591. The molecule has 2 aromatic rings. The zero-order chi connectivity index (χ0) is 22.9. The van der Waals surface area contributed by atoms with Gasteiger partial charge < -0.3 is 9.80 Å². The number of nitrogens with zero attached hydrogens (tertiary/aromatic N) is 4. The highest BCUT2D eigenvalue weighted by atomic mass is 16.2. The van der Waals surface area contributed by atoms with Gasteiger partial charge in [0, 0.05) is 44.8 Å². The summed E-state index contributed by atoms with van der Waals surface area (Å²) in [6.45, 7) is 11.8. The molecule has 0 aliphatic carbocycles. The number of pyridine rings is 1. The van der Waals surface area contributed by atoms with Crippen molar-refractivity contribution in [1.82, 2.24) is 24.3 Å². The number of carbonyl (C=O) groups is 2. The van der Waals surface area contributed by atoms with Gasteiger partial charge in [0.25, 0.3) is 11.5 Å². The van der Waals surface area contributed by atoms with Crippen LogP contribution in [0.25, 0.3) is 11.0 Å². The molecule has 0 bridgehead atoms. The second-order valence-electron chi connectivity index (χ2n) is 8.74. The van der Waals surface area contributed by atoms with Crippen molar-refractivity contribution >= 4 is 22.8 Å². The van der Waals surface area contributed by atoms with E-state index in [2.05, 4.69) is 9.97 Å². The highest BCUT2D eigenvalue weighted by Gasteiger charge is 2.28. The highest BCUT2D eigenvalue weighted by Crippen LogP contribution is 2.22. The smallest absolute Gasteiger partial charge is 0.330 e. The molecule has 1 N–H and O–H groups in total. The number of nitrogens with one attached hydrogen (secondary N) is 1. The standard InChI is InChI=1S/C22H31N5O4/c1-6-17(28)25-7-9-26(10-8-25)21(30)15-11-16(14(4)5)23-19-18(15)20(29)24-22(31)27(19)12-13(2)3/h11,13-14H,6-10,12H2,1-5H3,(H,24,29,31). The van der Waals surface area contributed by atoms with Gasteiger partial charge in [-0.25, -0.2) is 9.78 Å². The third kappa shape index (κ3) is 4.55. The maximum absolute atomic E-state index is 13.5. The molecule has 3 rings (SSSR count). The molecule has 1 aliphatic heterocycles. The van der Waals surface area contributed by atoms with Crippen molar-refractivity contribution in [3.63, 3.8) is 0 Å². The van der Waals surface area contributed by atoms with Crippen molar-refractivity contribution < 1.29 is 9.59 Å². The topological polar surface area (TPSA) is 108 Å². The first-order valence-electron chi connectivity index (χ1n) is 10.9. The van der Waals surface area contributed by atoms with E-state index in [0.717, 1.165) is 0 Å². The summed E-state index contributed by atoms with van der Waals surface area (Å²) in [5, 5.41) is 0.140. The molecule has 0 saturated carbocycles. The van der Waals surface area contributed by atoms with Crippen molar-refractivity contribution in [3.8, 4) is 0 Å². The molecule has 1 saturated heterocycles. The summed E-state index contributed by atoms with van der Waals surface area (Å²) in [6, 6.07) is 1.67. The van der Waals surface area contributed by atoms with Crippen molar-refractivity contribution in [3.05, 3.63) is 38.2 Å². The van der Waals surface area contributed by atoms with E-state index in [1.807, 2.05) is 34.6 Å². The predicted octanol–water partition coefficient (Wildman–Crippen LogP) is 1.56. The number of rotatable bonds is 5. The van der Waals surface area contributed by atoms with Crippen LogP contribution in [0.2, 0.25) is 0 Å². The van der Waals surface area contributed by atoms with Crippen molar-refractivity contribution in [2.45, 2.75) is 53.5 Å². The van der Waals surface area contributed by atoms with E-state index < -0.39 is 11.2 Å². The molecule has 0 unspecified atom stereocenters. The summed E-state index contributed by atoms with van der Waals surface area (Å²) < 4.78 is 1.45. The Bertz CT molecular complexity index is 1110. The molecule has 0 atom stereocenters. The lowest BCUT2D eigenvalue weighted by molar-refractivity contribution is -0.132. The Morgan fingerprint density at radius 1 is 1.06 bits per heavy atom. The molecule has 9 nitrogen and oxygen atoms in total. The van der Waals surface area contributed by atoms with Gasteiger partial charge in [-0.05, 0) is 17.9 Å². The molecule has 0 radical (unpaired) electrons. The first kappa shape index (κ1) is 22.7. The van der Waals surface area contributed by atoms with E-state index >= 15 is 0 Å². The van der Waals surface area contributed by atoms with Gasteiger partial charge in [-0.3, -0.25) is 23.9 Å². The van der Waals surface area contributed by atoms with Gasteiger partial charge in [-0.1, -0.05) is 34.6 Å². The van der Waals surface area contributed by atoms with Gasteiger partial charge in [-0.2, -0.15) is 0 Å². The van der Waals surface area contributed by atoms with Crippen LogP contribution in [-0.2, 0) is 11.3 Å². The first-order valence-corrected chi connectivity index (χ1v) is 10.9. The summed E-state index contributed by atoms with van der Waals surface area (Å²) in [5.41, 5.74) is 0.0216. The van der Waals surface area contributed by atoms with Gasteiger partial charge >= 0.3 is 5.69 Å². The van der Waals surface area contributed by atoms with Gasteiger partial charge in [0.1, 0.15) is 0 Å². The minimum atomic E-state index is -0.606. The normalized spacial score (nSPS) is 14.7. The second kappa shape index (κ2) is 9.03. The zero-order valence-corrected chi connectivity index (χ0v) is 18.9. The Morgan fingerprint density at radius 3 is 2.23 bits per heavy atom. The van der Waals surface area contributed by atoms with Crippen LogP contribution in [0.4, 0.5) is 0 Å². The number of fused-ring (bicyclic) bond motifs is 1. The molecule has 9 heteroatoms. The Kier molecular flexibility index (Phi) is 6.62. The van der Waals surface area contributed by atoms with Crippen molar-refractivity contribution in [1.29, 1.82) is 0 Å². The van der Waals surface area contributed by atoms with E-state index in [4.69, 9.17) is 0 Å². The Hall–Kier alpha value is -2.97. The van der Waals surface area contributed by atoms with E-state index in [9.17, 15) is 19.2 Å². The minimum absolute atomic E-state index is 0.0110. The van der Waals surface area contributed by atoms with Crippen LogP contribution in [0.5, 0.6) is 0 Å². The third-order valence-electron chi connectivity index (χ3n) is 5.56. The summed E-state index contributed by atoms with van der Waals surface area (Å²) >= 11 is 0. The minimum Gasteiger partial charge on any atom is -0.339 e. The predicted molar refractivity (Wildman–Crippen MR) is 118 cm³/mol. The number of aromatic amines is 1. The summed E-state index contributed by atoms with van der Waals surface area (Å²) in [5.74, 6) is -0.0488. The third-order valence-corrected chi connectivity index (χ3v) is 5.56. The zero-order valence-electron chi connectivity index (χ0n) is 18.9. The van der Waals surface area contributed by atoms with Crippen LogP contribution in [0.1, 0.15) is 63.0 Å². The molecule has 0 spiro atoms. The van der Waals surface area contributed by atoms with Gasteiger partial charge in [-0.15, -0.1) is 0 Å². The highest BCUT2D eigenvalue weighted by molar-refractivity contribution is 6.05. The quantitative estimate of drug-likeness (QED) is 0.776. The van der Waals surface area contributed by atoms with E-state index in [1.165, 1.54) is 4.57 Å². The van der Waals surface area contributed by atoms with Gasteiger partial charge in [0.05, 0.1) is 10.9 Å². The Balaban J connectivity index is 2.11. The lowest BCUT2D eigenvalue weighted by Gasteiger charge is -2.35. The average Bonchev–Trinajstić information content (AvgIpc) is 2.74. The van der Waals surface area contributed by atoms with Crippen LogP contribution < -0.4 is 11.2 Å². The van der Waals surface area contributed by atoms with Crippen LogP contribution in [0, 0.1) is 5.92 Å². The maximum Gasteiger partial charge on any atom is 0.330 e. The van der Waals surface area contributed by atoms with Crippen LogP contribution in [0.15, 0.2) is 15.7 Å². The number of hydrogen-bond donors (Lipinski definition) is 1. The van der Waals surface area contributed by atoms with Crippen LogP contribution in [-0.4, -0.2) is 62.3 Å². The summed E-state index contributed by atoms with van der Waals surface area (Å²) in [6.07, 6.45) is 0.434. The molecular formula is C22H31N5O4. The maximum atomic E-state index is 13.5. The molecular weight excluding hydrogens is 398 g/mol. The number of aromatic nitrogens is 3. The number of H-pyrrole nitrogens is 1. The molecule has 168 valence electrons. The molecule has 1 fully saturated rings. The lowest BCUT2D eigenvalue weighted by atomic mass is 10.0. The molecule has 3 heterocycles. The van der Waals surface area contributed by atoms with E-state index in [-0.39, 0.29) is 40.2 Å². The molecule has 2 aromatic heterocycles. The van der Waals surface area contributed by atoms with Crippen LogP contribution >= 0.6 is 0 Å². The number of hydrogen-bond acceptors (Lipinski definition) is 5. The van der Waals surface area contributed by atoms with Crippen molar-refractivity contribution in [2.24, 2.45) is 5.92 Å². The summed E-state index contributed by atoms with van der Waals surface area (Å²) in [7, 11) is 0. The van der Waals surface area contributed by atoms with Gasteiger partial charge in [0.2, 0.25) is 5.91 Å². The number of piperazine rings is 1. The molecule has 0 aromatic carbocycles. The molecule has 31 heavy (non-hydrogen) atoms. The van der Waals surface area contributed by atoms with E-state index in [1.54, 1.807) is 15.9 Å². The number of amides is 2. The summed E-state index contributed by atoms with van der Waals surface area (Å²) in [4.78, 5) is 61.1. The largest absolute Gasteiger partial charge is 0.339 e. The average molecular weight is 430 g/mol. The fourth-order valence-electron chi connectivity index (χ4n) is 3.85. The Labute approximate surface area is 181 Å². The number of carbonyl (C=O) groups excluding carboxylic acids is 2. The van der Waals surface area contributed by atoms with Crippen LogP contribution in [0.3, 0.4) is 0 Å². The Morgan fingerprint density at radius 2 is 1.68 bits per heavy atom. The second-order valence-corrected chi connectivity index (χ2v) is 8.74. The monoisotopic (exact) mass is 429 g/mol. The van der Waals surface area contributed by atoms with Crippen molar-refractivity contribution in [2.75, 3.05) is 26.2 Å². The lowest BCUT2D eigenvalue weighted by Crippen LogP contribution is -2.50. The molecule has 1 aliphatic rings. The first-order chi connectivity index (χ1) is 14.6. The molecule has 2 amide bonds. The van der Waals surface area contributed by atoms with Gasteiger partial charge in [0.15, 0.2) is 5.65 Å². The fourth-order valence-corrected chi connectivity index (χ4v) is 3.85. The van der Waals surface area contributed by atoms with E-state index in [0.29, 0.717) is 44.8 Å².